The molecule has 1 aromatic rings. The van der Waals surface area contributed by atoms with Crippen LogP contribution in [0.1, 0.15) is 50.7 Å². The molecular formula is C18H26N2O4. The molecule has 2 atom stereocenters. The second kappa shape index (κ2) is 9.27. The normalized spacial score (nSPS) is 17.6. The molecule has 3 N–H and O–H groups in total. The fourth-order valence-corrected chi connectivity index (χ4v) is 2.96. The van der Waals surface area contributed by atoms with Crippen molar-refractivity contribution in [1.29, 1.82) is 0 Å². The van der Waals surface area contributed by atoms with Crippen LogP contribution in [0, 0.1) is 0 Å². The Kier molecular flexibility index (Phi) is 7.06. The van der Waals surface area contributed by atoms with E-state index in [-0.39, 0.29) is 12.6 Å². The van der Waals surface area contributed by atoms with Crippen LogP contribution < -0.4 is 10.6 Å². The van der Waals surface area contributed by atoms with Gasteiger partial charge >= 0.3 is 12.0 Å². The van der Waals surface area contributed by atoms with Gasteiger partial charge in [0.1, 0.15) is 6.10 Å². The van der Waals surface area contributed by atoms with Crippen molar-refractivity contribution in [2.75, 3.05) is 6.61 Å². The minimum atomic E-state index is -1.16. The molecular weight excluding hydrogens is 308 g/mol. The maximum absolute atomic E-state index is 12.2. The lowest BCUT2D eigenvalue weighted by molar-refractivity contribution is -0.148. The smallest absolute Gasteiger partial charge is 0.331 e. The molecule has 2 unspecified atom stereocenters. The zero-order chi connectivity index (χ0) is 17.4. The van der Waals surface area contributed by atoms with Crippen molar-refractivity contribution in [3.63, 3.8) is 0 Å². The second-order valence-electron chi connectivity index (χ2n) is 6.04. The molecule has 0 bridgehead atoms. The Hall–Kier alpha value is -2.08. The molecule has 1 aliphatic carbocycles. The lowest BCUT2D eigenvalue weighted by Crippen LogP contribution is -2.52. The molecule has 132 valence electrons. The number of hydrogen-bond donors (Lipinski definition) is 3. The highest BCUT2D eigenvalue weighted by molar-refractivity contribution is 5.84. The third-order valence-electron chi connectivity index (χ3n) is 4.22. The van der Waals surface area contributed by atoms with Crippen molar-refractivity contribution in [2.24, 2.45) is 0 Å². The van der Waals surface area contributed by atoms with Gasteiger partial charge in [0.05, 0.1) is 6.61 Å². The first-order valence-electron chi connectivity index (χ1n) is 8.58. The van der Waals surface area contributed by atoms with E-state index in [0.29, 0.717) is 5.56 Å². The number of carbonyl (C=O) groups excluding carboxylic acids is 2. The molecule has 1 aromatic carbocycles. The molecule has 0 spiro atoms. The Balaban J connectivity index is 2.02. The number of amides is 2. The zero-order valence-corrected chi connectivity index (χ0v) is 14.0. The van der Waals surface area contributed by atoms with E-state index in [2.05, 4.69) is 10.6 Å². The number of rotatable bonds is 6. The quantitative estimate of drug-likeness (QED) is 0.697. The number of nitrogens with one attached hydrogen (secondary N) is 2. The summed E-state index contributed by atoms with van der Waals surface area (Å²) < 4.78 is 5.00. The van der Waals surface area contributed by atoms with Crippen LogP contribution >= 0.6 is 0 Å². The monoisotopic (exact) mass is 334 g/mol. The van der Waals surface area contributed by atoms with E-state index >= 15 is 0 Å². The van der Waals surface area contributed by atoms with Crippen LogP contribution in [0.3, 0.4) is 0 Å². The van der Waals surface area contributed by atoms with Gasteiger partial charge in [0, 0.05) is 6.04 Å². The van der Waals surface area contributed by atoms with Gasteiger partial charge in [-0.25, -0.2) is 9.59 Å². The summed E-state index contributed by atoms with van der Waals surface area (Å²) in [4.78, 5) is 24.4. The molecule has 1 fully saturated rings. The third-order valence-corrected chi connectivity index (χ3v) is 4.22. The van der Waals surface area contributed by atoms with Gasteiger partial charge in [-0.3, -0.25) is 0 Å². The van der Waals surface area contributed by atoms with Gasteiger partial charge in [0.2, 0.25) is 0 Å². The van der Waals surface area contributed by atoms with Crippen LogP contribution in [0.25, 0.3) is 0 Å². The SMILES string of the molecule is CCOC(=O)C(NC(=O)NC1CCCCC1)C(O)c1ccccc1. The minimum Gasteiger partial charge on any atom is -0.464 e. The van der Waals surface area contributed by atoms with Gasteiger partial charge in [-0.2, -0.15) is 0 Å². The predicted molar refractivity (Wildman–Crippen MR) is 90.4 cm³/mol. The molecule has 2 amide bonds. The fourth-order valence-electron chi connectivity index (χ4n) is 2.96. The maximum atomic E-state index is 12.2. The maximum Gasteiger partial charge on any atom is 0.331 e. The lowest BCUT2D eigenvalue weighted by Gasteiger charge is -2.26. The van der Waals surface area contributed by atoms with Crippen LogP contribution in [-0.2, 0) is 9.53 Å². The van der Waals surface area contributed by atoms with Crippen molar-refractivity contribution in [3.8, 4) is 0 Å². The number of hydrogen-bond acceptors (Lipinski definition) is 4. The first-order valence-corrected chi connectivity index (χ1v) is 8.58. The molecule has 6 heteroatoms. The lowest BCUT2D eigenvalue weighted by atomic mass is 9.96. The molecule has 0 heterocycles. The summed E-state index contributed by atoms with van der Waals surface area (Å²) in [6.07, 6.45) is 4.11. The summed E-state index contributed by atoms with van der Waals surface area (Å²) in [6.45, 7) is 1.87. The number of ether oxygens (including phenoxy) is 1. The third kappa shape index (κ3) is 5.23. The second-order valence-corrected chi connectivity index (χ2v) is 6.04. The van der Waals surface area contributed by atoms with Crippen molar-refractivity contribution in [2.45, 2.75) is 57.2 Å². The van der Waals surface area contributed by atoms with Crippen LogP contribution in [0.5, 0.6) is 0 Å². The summed E-state index contributed by atoms with van der Waals surface area (Å²) in [5.74, 6) is -0.646. The highest BCUT2D eigenvalue weighted by Crippen LogP contribution is 2.19. The van der Waals surface area contributed by atoms with Crippen LogP contribution in [-0.4, -0.2) is 35.8 Å². The molecule has 0 aromatic heterocycles. The first kappa shape index (κ1) is 18.3. The van der Waals surface area contributed by atoms with Gasteiger partial charge in [-0.15, -0.1) is 0 Å². The van der Waals surface area contributed by atoms with Gasteiger partial charge < -0.3 is 20.5 Å². The van der Waals surface area contributed by atoms with E-state index in [9.17, 15) is 14.7 Å². The van der Waals surface area contributed by atoms with E-state index < -0.39 is 24.1 Å². The number of carbonyl (C=O) groups is 2. The van der Waals surface area contributed by atoms with Crippen molar-refractivity contribution >= 4 is 12.0 Å². The molecule has 2 rings (SSSR count). The topological polar surface area (TPSA) is 87.7 Å². The highest BCUT2D eigenvalue weighted by atomic mass is 16.5. The van der Waals surface area contributed by atoms with Crippen LogP contribution in [0.15, 0.2) is 30.3 Å². The molecule has 0 aliphatic heterocycles. The van der Waals surface area contributed by atoms with Crippen molar-refractivity contribution in [3.05, 3.63) is 35.9 Å². The Labute approximate surface area is 142 Å². The minimum absolute atomic E-state index is 0.121. The van der Waals surface area contributed by atoms with E-state index in [1.54, 1.807) is 31.2 Å². The van der Waals surface area contributed by atoms with E-state index in [0.717, 1.165) is 25.7 Å². The average Bonchev–Trinajstić information content (AvgIpc) is 2.61. The first-order chi connectivity index (χ1) is 11.6. The van der Waals surface area contributed by atoms with E-state index in [1.807, 2.05) is 6.07 Å². The fraction of sp³-hybridized carbons (Fsp3) is 0.556. The van der Waals surface area contributed by atoms with Gasteiger partial charge in [-0.1, -0.05) is 49.6 Å². The van der Waals surface area contributed by atoms with E-state index in [1.165, 1.54) is 6.42 Å². The van der Waals surface area contributed by atoms with Gasteiger partial charge in [0.15, 0.2) is 6.04 Å². The summed E-state index contributed by atoms with van der Waals surface area (Å²) in [7, 11) is 0. The summed E-state index contributed by atoms with van der Waals surface area (Å²) in [5, 5.41) is 15.9. The Morgan fingerprint density at radius 2 is 1.88 bits per heavy atom. The molecule has 0 radical (unpaired) electrons. The largest absolute Gasteiger partial charge is 0.464 e. The zero-order valence-electron chi connectivity index (χ0n) is 14.0. The summed E-state index contributed by atoms with van der Waals surface area (Å²) in [5.41, 5.74) is 0.550. The predicted octanol–water partition coefficient (Wildman–Crippen LogP) is 2.28. The number of aliphatic hydroxyl groups is 1. The van der Waals surface area contributed by atoms with Crippen LogP contribution in [0.2, 0.25) is 0 Å². The van der Waals surface area contributed by atoms with E-state index in [4.69, 9.17) is 4.74 Å². The summed E-state index contributed by atoms with van der Waals surface area (Å²) >= 11 is 0. The molecule has 1 saturated carbocycles. The number of aliphatic hydroxyl groups excluding tert-OH is 1. The number of benzene rings is 1. The Bertz CT molecular complexity index is 529. The van der Waals surface area contributed by atoms with Crippen LogP contribution in [0.4, 0.5) is 4.79 Å². The van der Waals surface area contributed by atoms with Crippen molar-refractivity contribution < 1.29 is 19.4 Å². The number of urea groups is 1. The van der Waals surface area contributed by atoms with Gasteiger partial charge in [-0.05, 0) is 25.3 Å². The number of esters is 1. The highest BCUT2D eigenvalue weighted by Gasteiger charge is 2.31. The standard InChI is InChI=1S/C18H26N2O4/c1-2-24-17(22)15(16(21)13-9-5-3-6-10-13)20-18(23)19-14-11-7-4-8-12-14/h3,5-6,9-10,14-16,21H,2,4,7-8,11-12H2,1H3,(H2,19,20,23). The molecule has 6 nitrogen and oxygen atoms in total. The Morgan fingerprint density at radius 1 is 1.21 bits per heavy atom. The summed E-state index contributed by atoms with van der Waals surface area (Å²) in [6, 6.07) is 7.29. The van der Waals surface area contributed by atoms with Gasteiger partial charge in [0.25, 0.3) is 0 Å². The Morgan fingerprint density at radius 3 is 2.50 bits per heavy atom. The average molecular weight is 334 g/mol. The van der Waals surface area contributed by atoms with Crippen molar-refractivity contribution in [1.82, 2.24) is 10.6 Å². The molecule has 24 heavy (non-hydrogen) atoms. The molecule has 1 aliphatic rings. The molecule has 0 saturated heterocycles.